The van der Waals surface area contributed by atoms with E-state index in [4.69, 9.17) is 5.73 Å². The minimum Gasteiger partial charge on any atom is -0.431 e. The maximum atomic E-state index is 12.6. The van der Waals surface area contributed by atoms with E-state index in [9.17, 15) is 13.6 Å². The lowest BCUT2D eigenvalue weighted by atomic mass is 9.82. The normalized spacial score (nSPS) is 20.8. The van der Waals surface area contributed by atoms with E-state index in [0.717, 1.165) is 25.1 Å². The number of likely N-dealkylation sites (tertiary alicyclic amines) is 1. The smallest absolute Gasteiger partial charge is 0.387 e. The van der Waals surface area contributed by atoms with Gasteiger partial charge in [0.1, 0.15) is 0 Å². The van der Waals surface area contributed by atoms with Crippen LogP contribution in [0, 0.1) is 0 Å². The third kappa shape index (κ3) is 3.12. The van der Waals surface area contributed by atoms with Gasteiger partial charge in [-0.2, -0.15) is 13.9 Å². The van der Waals surface area contributed by atoms with Gasteiger partial charge in [-0.25, -0.2) is 9.78 Å². The van der Waals surface area contributed by atoms with Crippen molar-refractivity contribution in [1.82, 2.24) is 25.0 Å². The Labute approximate surface area is 160 Å². The van der Waals surface area contributed by atoms with Gasteiger partial charge >= 0.3 is 12.6 Å². The first-order chi connectivity index (χ1) is 13.4. The molecule has 1 unspecified atom stereocenters. The molecular formula is C18H22F2N6O2. The predicted molar refractivity (Wildman–Crippen MR) is 98.1 cm³/mol. The number of ether oxygens (including phenoxy) is 1. The standard InChI is InChI=1S/C18H22F2N6O2/c1-2-22-17(27)25-5-3-18(10-25)4-6-26-14(18)8-12(24-26)11-7-13(28-16(19)20)15(21)23-9-11/h7-9,16H,2-6,10H2,1H3,(H2,21,23)(H,22,27). The molecule has 2 amide bonds. The summed E-state index contributed by atoms with van der Waals surface area (Å²) in [5, 5.41) is 7.46. The minimum absolute atomic E-state index is 0.0471. The maximum Gasteiger partial charge on any atom is 0.387 e. The van der Waals surface area contributed by atoms with Crippen molar-refractivity contribution in [3.05, 3.63) is 24.0 Å². The first-order valence-electron chi connectivity index (χ1n) is 9.24. The van der Waals surface area contributed by atoms with Crippen molar-refractivity contribution in [3.8, 4) is 17.0 Å². The third-order valence-corrected chi connectivity index (χ3v) is 5.49. The van der Waals surface area contributed by atoms with Crippen molar-refractivity contribution in [1.29, 1.82) is 0 Å². The zero-order chi connectivity index (χ0) is 19.9. The number of pyridine rings is 1. The molecule has 8 nitrogen and oxygen atoms in total. The van der Waals surface area contributed by atoms with Gasteiger partial charge in [0, 0.05) is 49.0 Å². The van der Waals surface area contributed by atoms with Crippen LogP contribution in [0.4, 0.5) is 19.4 Å². The highest BCUT2D eigenvalue weighted by Crippen LogP contribution is 2.44. The zero-order valence-electron chi connectivity index (χ0n) is 15.5. The average molecular weight is 392 g/mol. The van der Waals surface area contributed by atoms with Gasteiger partial charge in [-0.3, -0.25) is 4.68 Å². The summed E-state index contributed by atoms with van der Waals surface area (Å²) in [5.74, 6) is -0.265. The molecule has 2 aliphatic rings. The fraction of sp³-hybridized carbons (Fsp3) is 0.500. The third-order valence-electron chi connectivity index (χ3n) is 5.49. The molecule has 0 saturated carbocycles. The van der Waals surface area contributed by atoms with Crippen molar-refractivity contribution in [2.24, 2.45) is 0 Å². The maximum absolute atomic E-state index is 12.6. The Balaban J connectivity index is 1.60. The lowest BCUT2D eigenvalue weighted by Gasteiger charge is -2.23. The Morgan fingerprint density at radius 2 is 2.18 bits per heavy atom. The van der Waals surface area contributed by atoms with Crippen LogP contribution in [0.2, 0.25) is 0 Å². The molecule has 10 heteroatoms. The Morgan fingerprint density at radius 1 is 1.39 bits per heavy atom. The monoisotopic (exact) mass is 392 g/mol. The summed E-state index contributed by atoms with van der Waals surface area (Å²) in [6, 6.07) is 3.33. The first-order valence-corrected chi connectivity index (χ1v) is 9.24. The number of aromatic nitrogens is 3. The largest absolute Gasteiger partial charge is 0.431 e. The number of amides is 2. The molecule has 28 heavy (non-hydrogen) atoms. The van der Waals surface area contributed by atoms with Crippen LogP contribution in [0.15, 0.2) is 18.3 Å². The number of nitrogens with one attached hydrogen (secondary N) is 1. The van der Waals surface area contributed by atoms with E-state index in [-0.39, 0.29) is 23.0 Å². The number of carbonyl (C=O) groups is 1. The predicted octanol–water partition coefficient (Wildman–Crippen LogP) is 2.21. The van der Waals surface area contributed by atoms with Crippen LogP contribution < -0.4 is 15.8 Å². The molecule has 0 radical (unpaired) electrons. The minimum atomic E-state index is -2.98. The molecule has 0 aliphatic carbocycles. The molecule has 1 saturated heterocycles. The number of fused-ring (bicyclic) bond motifs is 2. The van der Waals surface area contributed by atoms with Crippen LogP contribution in [-0.2, 0) is 12.0 Å². The second-order valence-corrected chi connectivity index (χ2v) is 7.16. The van der Waals surface area contributed by atoms with Crippen LogP contribution in [0.1, 0.15) is 25.5 Å². The van der Waals surface area contributed by atoms with Crippen molar-refractivity contribution in [3.63, 3.8) is 0 Å². The summed E-state index contributed by atoms with van der Waals surface area (Å²) in [4.78, 5) is 18.0. The van der Waals surface area contributed by atoms with Gasteiger partial charge in [-0.15, -0.1) is 0 Å². The number of nitrogen functional groups attached to an aromatic ring is 1. The van der Waals surface area contributed by atoms with Crippen molar-refractivity contribution >= 4 is 11.8 Å². The van der Waals surface area contributed by atoms with Gasteiger partial charge in [0.05, 0.1) is 5.69 Å². The van der Waals surface area contributed by atoms with E-state index >= 15 is 0 Å². The highest BCUT2D eigenvalue weighted by molar-refractivity contribution is 5.75. The zero-order valence-corrected chi connectivity index (χ0v) is 15.5. The van der Waals surface area contributed by atoms with Crippen LogP contribution in [0.25, 0.3) is 11.3 Å². The number of anilines is 1. The fourth-order valence-electron chi connectivity index (χ4n) is 4.11. The summed E-state index contributed by atoms with van der Waals surface area (Å²) in [5.41, 5.74) is 7.72. The SMILES string of the molecule is CCNC(=O)N1CCC2(CCn3nc(-c4cnc(N)c(OC(F)F)c4)cc32)C1. The highest BCUT2D eigenvalue weighted by Gasteiger charge is 2.46. The van der Waals surface area contributed by atoms with Gasteiger partial charge < -0.3 is 20.7 Å². The van der Waals surface area contributed by atoms with Crippen molar-refractivity contribution < 1.29 is 18.3 Å². The molecular weight excluding hydrogens is 370 g/mol. The van der Waals surface area contributed by atoms with Crippen LogP contribution >= 0.6 is 0 Å². The summed E-state index contributed by atoms with van der Waals surface area (Å²) >= 11 is 0. The first kappa shape index (κ1) is 18.5. The summed E-state index contributed by atoms with van der Waals surface area (Å²) in [6.07, 6.45) is 3.29. The Hall–Kier alpha value is -2.91. The lowest BCUT2D eigenvalue weighted by molar-refractivity contribution is -0.0494. The number of hydrogen-bond acceptors (Lipinski definition) is 5. The molecule has 3 N–H and O–H groups in total. The molecule has 1 spiro atoms. The quantitative estimate of drug-likeness (QED) is 0.831. The van der Waals surface area contributed by atoms with Crippen molar-refractivity contribution in [2.75, 3.05) is 25.4 Å². The van der Waals surface area contributed by atoms with Crippen LogP contribution in [0.3, 0.4) is 0 Å². The average Bonchev–Trinajstić information content (AvgIpc) is 3.34. The number of alkyl halides is 2. The van der Waals surface area contributed by atoms with Gasteiger partial charge in [-0.05, 0) is 31.9 Å². The van der Waals surface area contributed by atoms with E-state index in [2.05, 4.69) is 20.1 Å². The van der Waals surface area contributed by atoms with Crippen LogP contribution in [-0.4, -0.2) is 51.9 Å². The number of nitrogens with two attached hydrogens (primary N) is 1. The molecule has 2 aromatic heterocycles. The van der Waals surface area contributed by atoms with E-state index in [1.807, 2.05) is 22.6 Å². The highest BCUT2D eigenvalue weighted by atomic mass is 19.3. The molecule has 150 valence electrons. The number of aryl methyl sites for hydroxylation is 1. The molecule has 0 bridgehead atoms. The number of nitrogens with zero attached hydrogens (tertiary/aromatic N) is 4. The number of hydrogen-bond donors (Lipinski definition) is 2. The molecule has 2 aliphatic heterocycles. The van der Waals surface area contributed by atoms with Gasteiger partial charge in [-0.1, -0.05) is 0 Å². The Morgan fingerprint density at radius 3 is 2.93 bits per heavy atom. The van der Waals surface area contributed by atoms with E-state index < -0.39 is 6.61 Å². The van der Waals surface area contributed by atoms with Gasteiger partial charge in [0.25, 0.3) is 0 Å². The number of halogens is 2. The van der Waals surface area contributed by atoms with Gasteiger partial charge in [0.15, 0.2) is 11.6 Å². The van der Waals surface area contributed by atoms with E-state index in [1.54, 1.807) is 0 Å². The summed E-state index contributed by atoms with van der Waals surface area (Å²) in [7, 11) is 0. The molecule has 2 aromatic rings. The van der Waals surface area contributed by atoms with Gasteiger partial charge in [0.2, 0.25) is 0 Å². The van der Waals surface area contributed by atoms with E-state index in [1.165, 1.54) is 12.3 Å². The second-order valence-electron chi connectivity index (χ2n) is 7.16. The second kappa shape index (κ2) is 6.92. The molecule has 1 atom stereocenters. The van der Waals surface area contributed by atoms with E-state index in [0.29, 0.717) is 30.9 Å². The number of urea groups is 1. The Kier molecular flexibility index (Phi) is 4.56. The van der Waals surface area contributed by atoms with Crippen molar-refractivity contribution in [2.45, 2.75) is 38.3 Å². The number of carbonyl (C=O) groups excluding carboxylic acids is 1. The number of rotatable bonds is 4. The molecule has 4 heterocycles. The summed E-state index contributed by atoms with van der Waals surface area (Å²) in [6.45, 7) is 1.60. The summed E-state index contributed by atoms with van der Waals surface area (Å²) < 4.78 is 31.5. The van der Waals surface area contributed by atoms with Crippen LogP contribution in [0.5, 0.6) is 5.75 Å². The lowest BCUT2D eigenvalue weighted by Crippen LogP contribution is -2.40. The topological polar surface area (TPSA) is 98.3 Å². The Bertz CT molecular complexity index is 902. The fourth-order valence-corrected chi connectivity index (χ4v) is 4.11. The molecule has 0 aromatic carbocycles. The molecule has 4 rings (SSSR count). The molecule has 1 fully saturated rings.